The monoisotopic (exact) mass is 196 g/mol. The third kappa shape index (κ3) is 2.66. The summed E-state index contributed by atoms with van der Waals surface area (Å²) in [5.74, 6) is 1.20. The van der Waals surface area contributed by atoms with Crippen LogP contribution in [0.2, 0.25) is 0 Å². The third-order valence-electron chi connectivity index (χ3n) is 2.05. The topological polar surface area (TPSA) is 17.1 Å². The average molecular weight is 196 g/mol. The summed E-state index contributed by atoms with van der Waals surface area (Å²) in [6.07, 6.45) is 0. The first-order valence-electron chi connectivity index (χ1n) is 4.63. The second-order valence-corrected chi connectivity index (χ2v) is 5.10. The molecule has 1 unspecified atom stereocenters. The van der Waals surface area contributed by atoms with Gasteiger partial charge in [0.25, 0.3) is 0 Å². The summed E-state index contributed by atoms with van der Waals surface area (Å²) in [5, 5.41) is 0. The second kappa shape index (κ2) is 4.56. The normalized spacial score (nSPS) is 13.2. The van der Waals surface area contributed by atoms with Crippen molar-refractivity contribution < 1.29 is 4.21 Å². The van der Waals surface area contributed by atoms with Crippen LogP contribution in [-0.2, 0) is 10.8 Å². The first-order valence-corrected chi connectivity index (χ1v) is 5.95. The molecule has 1 nitrogen and oxygen atoms in total. The molecule has 1 rings (SSSR count). The molecule has 0 aliphatic carbocycles. The lowest BCUT2D eigenvalue weighted by atomic mass is 10.0. The van der Waals surface area contributed by atoms with Crippen LogP contribution in [0.1, 0.15) is 32.3 Å². The zero-order valence-corrected chi connectivity index (χ0v) is 9.23. The van der Waals surface area contributed by atoms with Crippen molar-refractivity contribution >= 4 is 10.8 Å². The Morgan fingerprint density at radius 3 is 2.62 bits per heavy atom. The number of benzene rings is 1. The summed E-state index contributed by atoms with van der Waals surface area (Å²) < 4.78 is 11.5. The predicted octanol–water partition coefficient (Wildman–Crippen LogP) is 2.94. The maximum atomic E-state index is 11.5. The second-order valence-electron chi connectivity index (χ2n) is 3.36. The third-order valence-corrected chi connectivity index (χ3v) is 3.35. The molecule has 0 radical (unpaired) electrons. The van der Waals surface area contributed by atoms with E-state index in [9.17, 15) is 4.21 Å². The number of hydrogen-bond donors (Lipinski definition) is 0. The molecule has 1 aromatic rings. The van der Waals surface area contributed by atoms with E-state index in [-0.39, 0.29) is 0 Å². The van der Waals surface area contributed by atoms with Gasteiger partial charge >= 0.3 is 0 Å². The highest BCUT2D eigenvalue weighted by molar-refractivity contribution is 7.85. The van der Waals surface area contributed by atoms with Crippen molar-refractivity contribution in [3.8, 4) is 0 Å². The molecular formula is C11H16OS. The van der Waals surface area contributed by atoms with Crippen molar-refractivity contribution in [2.24, 2.45) is 0 Å². The molecule has 0 N–H and O–H groups in total. The van der Waals surface area contributed by atoms with Crippen molar-refractivity contribution in [1.29, 1.82) is 0 Å². The van der Waals surface area contributed by atoms with Crippen molar-refractivity contribution in [2.75, 3.05) is 5.75 Å². The SMILES string of the molecule is CCS(=O)c1cccc(C(C)C)c1. The van der Waals surface area contributed by atoms with Crippen molar-refractivity contribution in [3.63, 3.8) is 0 Å². The zero-order valence-electron chi connectivity index (χ0n) is 8.41. The van der Waals surface area contributed by atoms with Gasteiger partial charge in [0.2, 0.25) is 0 Å². The minimum absolute atomic E-state index is 0.508. The summed E-state index contributed by atoms with van der Waals surface area (Å²) in [5.41, 5.74) is 1.26. The standard InChI is InChI=1S/C11H16OS/c1-4-13(12)11-7-5-6-10(8-11)9(2)3/h5-9H,4H2,1-3H3. The van der Waals surface area contributed by atoms with Gasteiger partial charge in [-0.15, -0.1) is 0 Å². The molecule has 0 amide bonds. The average Bonchev–Trinajstić information content (AvgIpc) is 2.17. The van der Waals surface area contributed by atoms with Gasteiger partial charge in [0.15, 0.2) is 0 Å². The van der Waals surface area contributed by atoms with Crippen LogP contribution >= 0.6 is 0 Å². The van der Waals surface area contributed by atoms with Crippen LogP contribution < -0.4 is 0 Å². The Morgan fingerprint density at radius 1 is 1.38 bits per heavy atom. The van der Waals surface area contributed by atoms with E-state index in [1.54, 1.807) is 0 Å². The molecule has 0 aliphatic heterocycles. The molecule has 0 saturated carbocycles. The van der Waals surface area contributed by atoms with Crippen LogP contribution in [0.5, 0.6) is 0 Å². The fourth-order valence-corrected chi connectivity index (χ4v) is 2.01. The fourth-order valence-electron chi connectivity index (χ4n) is 1.18. The Labute approximate surface area is 82.6 Å². The van der Waals surface area contributed by atoms with Gasteiger partial charge in [0.05, 0.1) is 10.8 Å². The van der Waals surface area contributed by atoms with Crippen molar-refractivity contribution in [3.05, 3.63) is 29.8 Å². The predicted molar refractivity (Wildman–Crippen MR) is 57.5 cm³/mol. The minimum atomic E-state index is -0.817. The van der Waals surface area contributed by atoms with E-state index in [1.807, 2.05) is 25.1 Å². The molecule has 0 spiro atoms. The number of rotatable bonds is 3. The van der Waals surface area contributed by atoms with Crippen LogP contribution in [0.15, 0.2) is 29.2 Å². The van der Waals surface area contributed by atoms with E-state index >= 15 is 0 Å². The Balaban J connectivity index is 2.98. The Kier molecular flexibility index (Phi) is 3.67. The van der Waals surface area contributed by atoms with Gasteiger partial charge in [-0.2, -0.15) is 0 Å². The first kappa shape index (κ1) is 10.5. The van der Waals surface area contributed by atoms with E-state index in [4.69, 9.17) is 0 Å². The van der Waals surface area contributed by atoms with E-state index in [2.05, 4.69) is 19.9 Å². The smallest absolute Gasteiger partial charge is 0.0526 e. The van der Waals surface area contributed by atoms with Crippen LogP contribution in [0.4, 0.5) is 0 Å². The Bertz CT molecular complexity index is 305. The van der Waals surface area contributed by atoms with Gasteiger partial charge < -0.3 is 0 Å². The molecule has 0 aromatic heterocycles. The van der Waals surface area contributed by atoms with Crippen LogP contribution in [0.3, 0.4) is 0 Å². The van der Waals surface area contributed by atoms with E-state index in [0.717, 1.165) is 4.90 Å². The van der Waals surface area contributed by atoms with E-state index < -0.39 is 10.8 Å². The van der Waals surface area contributed by atoms with Gasteiger partial charge in [0, 0.05) is 10.6 Å². The lowest BCUT2D eigenvalue weighted by Crippen LogP contribution is -1.96. The molecule has 0 fully saturated rings. The lowest BCUT2D eigenvalue weighted by molar-refractivity contribution is 0.683. The zero-order chi connectivity index (χ0) is 9.84. The Hall–Kier alpha value is -0.630. The summed E-state index contributed by atoms with van der Waals surface area (Å²) in [6.45, 7) is 6.24. The molecule has 0 heterocycles. The highest BCUT2D eigenvalue weighted by Gasteiger charge is 2.03. The van der Waals surface area contributed by atoms with Gasteiger partial charge in [0.1, 0.15) is 0 Å². The van der Waals surface area contributed by atoms with E-state index in [1.165, 1.54) is 5.56 Å². The maximum Gasteiger partial charge on any atom is 0.0526 e. The first-order chi connectivity index (χ1) is 6.15. The lowest BCUT2D eigenvalue weighted by Gasteiger charge is -2.06. The maximum absolute atomic E-state index is 11.5. The van der Waals surface area contributed by atoms with Gasteiger partial charge in [-0.05, 0) is 23.6 Å². The molecule has 2 heteroatoms. The highest BCUT2D eigenvalue weighted by Crippen LogP contribution is 2.17. The van der Waals surface area contributed by atoms with Crippen molar-refractivity contribution in [1.82, 2.24) is 0 Å². The summed E-state index contributed by atoms with van der Waals surface area (Å²) in [6, 6.07) is 8.05. The quantitative estimate of drug-likeness (QED) is 0.726. The molecule has 0 aliphatic rings. The minimum Gasteiger partial charge on any atom is -0.254 e. The van der Waals surface area contributed by atoms with Gasteiger partial charge in [-0.25, -0.2) is 0 Å². The van der Waals surface area contributed by atoms with Crippen LogP contribution in [-0.4, -0.2) is 9.96 Å². The summed E-state index contributed by atoms with van der Waals surface area (Å²) in [7, 11) is -0.817. The van der Waals surface area contributed by atoms with Crippen LogP contribution in [0.25, 0.3) is 0 Å². The number of hydrogen-bond acceptors (Lipinski definition) is 1. The Morgan fingerprint density at radius 2 is 2.08 bits per heavy atom. The highest BCUT2D eigenvalue weighted by atomic mass is 32.2. The molecule has 1 aromatic carbocycles. The molecule has 1 atom stereocenters. The molecule has 0 bridgehead atoms. The largest absolute Gasteiger partial charge is 0.254 e. The molecule has 72 valence electrons. The molecule has 0 saturated heterocycles. The molecule has 13 heavy (non-hydrogen) atoms. The molecular weight excluding hydrogens is 180 g/mol. The van der Waals surface area contributed by atoms with E-state index in [0.29, 0.717) is 11.7 Å². The van der Waals surface area contributed by atoms with Gasteiger partial charge in [-0.1, -0.05) is 32.9 Å². The summed E-state index contributed by atoms with van der Waals surface area (Å²) in [4.78, 5) is 0.953. The summed E-state index contributed by atoms with van der Waals surface area (Å²) >= 11 is 0. The fraction of sp³-hybridized carbons (Fsp3) is 0.455. The van der Waals surface area contributed by atoms with Crippen molar-refractivity contribution in [2.45, 2.75) is 31.6 Å². The van der Waals surface area contributed by atoms with Crippen LogP contribution in [0, 0.1) is 0 Å². The van der Waals surface area contributed by atoms with Gasteiger partial charge in [-0.3, -0.25) is 4.21 Å².